The zero-order valence-corrected chi connectivity index (χ0v) is 18.1. The average molecular weight is 383 g/mol. The van der Waals surface area contributed by atoms with Gasteiger partial charge in [0, 0.05) is 5.41 Å². The van der Waals surface area contributed by atoms with Crippen LogP contribution < -0.4 is 0 Å². The third-order valence-corrected chi connectivity index (χ3v) is 7.32. The molecular formula is C22H38O5. The summed E-state index contributed by atoms with van der Waals surface area (Å²) in [5.74, 6) is -1.03. The van der Waals surface area contributed by atoms with Crippen LogP contribution in [0.25, 0.3) is 0 Å². The van der Waals surface area contributed by atoms with Gasteiger partial charge < -0.3 is 14.6 Å². The van der Waals surface area contributed by atoms with Crippen molar-refractivity contribution >= 4 is 11.9 Å². The Hall–Kier alpha value is -1.10. The number of hydrogen-bond donors (Lipinski definition) is 1. The largest absolute Gasteiger partial charge is 0.465 e. The Labute approximate surface area is 164 Å². The number of esters is 2. The summed E-state index contributed by atoms with van der Waals surface area (Å²) in [6.07, 6.45) is 2.32. The van der Waals surface area contributed by atoms with E-state index in [9.17, 15) is 14.7 Å². The Balaban J connectivity index is 2.26. The Morgan fingerprint density at radius 2 is 1.59 bits per heavy atom. The Morgan fingerprint density at radius 1 is 1.04 bits per heavy atom. The van der Waals surface area contributed by atoms with Crippen molar-refractivity contribution in [2.75, 3.05) is 13.2 Å². The number of carbonyl (C=O) groups excluding carboxylic acids is 2. The molecule has 0 aromatic heterocycles. The van der Waals surface area contributed by atoms with Crippen molar-refractivity contribution in [3.63, 3.8) is 0 Å². The summed E-state index contributed by atoms with van der Waals surface area (Å²) >= 11 is 0. The molecule has 0 radical (unpaired) electrons. The van der Waals surface area contributed by atoms with Gasteiger partial charge in [-0.05, 0) is 42.4 Å². The lowest BCUT2D eigenvalue weighted by Gasteiger charge is -2.48. The zero-order valence-electron chi connectivity index (χ0n) is 18.1. The van der Waals surface area contributed by atoms with E-state index in [4.69, 9.17) is 9.47 Å². The highest BCUT2D eigenvalue weighted by molar-refractivity contribution is 5.81. The van der Waals surface area contributed by atoms with Crippen LogP contribution in [0.1, 0.15) is 74.1 Å². The van der Waals surface area contributed by atoms with E-state index < -0.39 is 28.9 Å². The van der Waals surface area contributed by atoms with Crippen molar-refractivity contribution in [3.8, 4) is 0 Å². The van der Waals surface area contributed by atoms with Crippen LogP contribution in [0.4, 0.5) is 0 Å². The summed E-state index contributed by atoms with van der Waals surface area (Å²) in [7, 11) is 0. The van der Waals surface area contributed by atoms with Gasteiger partial charge in [-0.1, -0.05) is 48.5 Å². The van der Waals surface area contributed by atoms with E-state index in [0.717, 1.165) is 12.8 Å². The number of aliphatic hydroxyl groups is 1. The van der Waals surface area contributed by atoms with Crippen molar-refractivity contribution in [3.05, 3.63) is 0 Å². The predicted molar refractivity (Wildman–Crippen MR) is 104 cm³/mol. The van der Waals surface area contributed by atoms with Gasteiger partial charge in [-0.2, -0.15) is 0 Å². The summed E-state index contributed by atoms with van der Waals surface area (Å²) in [6, 6.07) is 0. The van der Waals surface area contributed by atoms with Crippen molar-refractivity contribution in [1.29, 1.82) is 0 Å². The van der Waals surface area contributed by atoms with Gasteiger partial charge in [0.05, 0.1) is 31.2 Å². The highest BCUT2D eigenvalue weighted by atomic mass is 16.5. The quantitative estimate of drug-likeness (QED) is 0.643. The van der Waals surface area contributed by atoms with Gasteiger partial charge in [0.1, 0.15) is 0 Å². The molecule has 2 aliphatic carbocycles. The number of ether oxygens (including phenoxy) is 2. The van der Waals surface area contributed by atoms with Gasteiger partial charge in [0.25, 0.3) is 0 Å². The number of fused-ring (bicyclic) bond motifs is 2. The van der Waals surface area contributed by atoms with Crippen LogP contribution in [0, 0.1) is 34.5 Å². The van der Waals surface area contributed by atoms with Gasteiger partial charge in [0.15, 0.2) is 0 Å². The SMILES string of the molecule is CC(C)COC(=O)CC(C(=O)OCC(C)C)C1(O)CC2CCC1(C)C2(C)C. The molecule has 156 valence electrons. The van der Waals surface area contributed by atoms with Crippen LogP contribution in [0.5, 0.6) is 0 Å². The van der Waals surface area contributed by atoms with E-state index in [1.54, 1.807) is 0 Å². The minimum Gasteiger partial charge on any atom is -0.465 e. The van der Waals surface area contributed by atoms with Crippen molar-refractivity contribution < 1.29 is 24.2 Å². The normalized spacial score (nSPS) is 32.7. The molecule has 0 saturated heterocycles. The first-order valence-corrected chi connectivity index (χ1v) is 10.4. The van der Waals surface area contributed by atoms with Gasteiger partial charge in [0.2, 0.25) is 0 Å². The fraction of sp³-hybridized carbons (Fsp3) is 0.909. The summed E-state index contributed by atoms with van der Waals surface area (Å²) in [4.78, 5) is 25.4. The molecule has 0 heterocycles. The molecule has 0 aromatic carbocycles. The molecule has 5 heteroatoms. The first kappa shape index (κ1) is 22.2. The van der Waals surface area contributed by atoms with Crippen LogP contribution in [0.2, 0.25) is 0 Å². The molecule has 0 amide bonds. The summed E-state index contributed by atoms with van der Waals surface area (Å²) in [5, 5.41) is 11.8. The Morgan fingerprint density at radius 3 is 2.04 bits per heavy atom. The smallest absolute Gasteiger partial charge is 0.312 e. The molecule has 0 spiro atoms. The first-order chi connectivity index (χ1) is 12.3. The highest BCUT2D eigenvalue weighted by Crippen LogP contribution is 2.71. The fourth-order valence-corrected chi connectivity index (χ4v) is 5.14. The highest BCUT2D eigenvalue weighted by Gasteiger charge is 2.71. The molecule has 2 saturated carbocycles. The maximum atomic E-state index is 13.0. The van der Waals surface area contributed by atoms with E-state index in [0.29, 0.717) is 18.9 Å². The maximum Gasteiger partial charge on any atom is 0.312 e. The molecule has 2 rings (SSSR count). The molecule has 0 aromatic rings. The van der Waals surface area contributed by atoms with E-state index in [2.05, 4.69) is 20.8 Å². The molecule has 0 aliphatic heterocycles. The molecule has 2 bridgehead atoms. The number of rotatable bonds is 8. The van der Waals surface area contributed by atoms with Crippen molar-refractivity contribution in [2.45, 2.75) is 79.8 Å². The average Bonchev–Trinajstić information content (AvgIpc) is 2.87. The van der Waals surface area contributed by atoms with Gasteiger partial charge in [-0.25, -0.2) is 0 Å². The van der Waals surface area contributed by atoms with Crippen molar-refractivity contribution in [2.24, 2.45) is 34.5 Å². The van der Waals surface area contributed by atoms with Crippen LogP contribution in [0.15, 0.2) is 0 Å². The van der Waals surface area contributed by atoms with Gasteiger partial charge in [-0.15, -0.1) is 0 Å². The Kier molecular flexibility index (Phi) is 6.35. The molecule has 4 atom stereocenters. The second-order valence-corrected chi connectivity index (χ2v) is 10.3. The van der Waals surface area contributed by atoms with E-state index in [1.165, 1.54) is 0 Å². The molecule has 2 aliphatic rings. The van der Waals surface area contributed by atoms with E-state index in [-0.39, 0.29) is 30.3 Å². The maximum absolute atomic E-state index is 13.0. The van der Waals surface area contributed by atoms with Crippen LogP contribution >= 0.6 is 0 Å². The van der Waals surface area contributed by atoms with Crippen LogP contribution in [0.3, 0.4) is 0 Å². The number of carbonyl (C=O) groups is 2. The molecule has 4 unspecified atom stereocenters. The molecule has 1 N–H and O–H groups in total. The molecule has 5 nitrogen and oxygen atoms in total. The second kappa shape index (κ2) is 7.73. The third-order valence-electron chi connectivity index (χ3n) is 7.32. The molecule has 2 fully saturated rings. The summed E-state index contributed by atoms with van der Waals surface area (Å²) < 4.78 is 10.8. The van der Waals surface area contributed by atoms with E-state index >= 15 is 0 Å². The minimum absolute atomic E-state index is 0.0832. The van der Waals surface area contributed by atoms with E-state index in [1.807, 2.05) is 27.7 Å². The lowest BCUT2D eigenvalue weighted by molar-refractivity contribution is -0.183. The van der Waals surface area contributed by atoms with Gasteiger partial charge in [-0.3, -0.25) is 9.59 Å². The second-order valence-electron chi connectivity index (χ2n) is 10.3. The standard InChI is InChI=1S/C22H38O5/c1-14(2)12-26-18(23)10-17(19(24)27-13-15(3)4)22(25)11-16-8-9-21(22,7)20(16,5)6/h14-17,25H,8-13H2,1-7H3. The monoisotopic (exact) mass is 382 g/mol. The lowest BCUT2D eigenvalue weighted by atomic mass is 9.60. The summed E-state index contributed by atoms with van der Waals surface area (Å²) in [5.41, 5.74) is -1.75. The van der Waals surface area contributed by atoms with Gasteiger partial charge >= 0.3 is 11.9 Å². The molecule has 27 heavy (non-hydrogen) atoms. The van der Waals surface area contributed by atoms with Crippen molar-refractivity contribution in [1.82, 2.24) is 0 Å². The Bertz CT molecular complexity index is 567. The number of hydrogen-bond acceptors (Lipinski definition) is 5. The zero-order chi connectivity index (χ0) is 20.6. The minimum atomic E-state index is -1.25. The topological polar surface area (TPSA) is 72.8 Å². The van der Waals surface area contributed by atoms with Crippen LogP contribution in [-0.2, 0) is 19.1 Å². The first-order valence-electron chi connectivity index (χ1n) is 10.4. The third kappa shape index (κ3) is 3.90. The molecular weight excluding hydrogens is 344 g/mol. The fourth-order valence-electron chi connectivity index (χ4n) is 5.14. The van der Waals surface area contributed by atoms with Crippen LogP contribution in [-0.4, -0.2) is 35.9 Å². The predicted octanol–water partition coefficient (Wildman–Crippen LogP) is 3.97. The summed E-state index contributed by atoms with van der Waals surface area (Å²) in [6.45, 7) is 14.9. The lowest BCUT2D eigenvalue weighted by Crippen LogP contribution is -2.55.